The van der Waals surface area contributed by atoms with Gasteiger partial charge >= 0.3 is 10.1 Å². The first kappa shape index (κ1) is 21.8. The van der Waals surface area contributed by atoms with Crippen molar-refractivity contribution < 1.29 is 22.1 Å². The van der Waals surface area contributed by atoms with Crippen LogP contribution < -0.4 is 19.5 Å². The van der Waals surface area contributed by atoms with Gasteiger partial charge in [0.2, 0.25) is 0 Å². The van der Waals surface area contributed by atoms with Crippen molar-refractivity contribution in [2.24, 2.45) is 10.9 Å². The molecule has 0 aliphatic carbocycles. The van der Waals surface area contributed by atoms with Crippen LogP contribution in [0.25, 0.3) is 0 Å². The second-order valence-electron chi connectivity index (χ2n) is 7.18. The van der Waals surface area contributed by atoms with Crippen LogP contribution in [-0.2, 0) is 10.1 Å². The summed E-state index contributed by atoms with van der Waals surface area (Å²) in [7, 11) is -1.06. The van der Waals surface area contributed by atoms with Gasteiger partial charge in [-0.2, -0.15) is 13.5 Å². The second-order valence-corrected chi connectivity index (χ2v) is 8.72. The lowest BCUT2D eigenvalue weighted by molar-refractivity contribution is 0.311. The summed E-state index contributed by atoms with van der Waals surface area (Å²) in [5, 5.41) is 3.58. The lowest BCUT2D eigenvalue weighted by atomic mass is 9.88. The van der Waals surface area contributed by atoms with Gasteiger partial charge in [-0.05, 0) is 49.4 Å². The number of methoxy groups -OCH3 is 2. The number of hydrazone groups is 1. The molecule has 9 heteroatoms. The molecule has 0 atom stereocenters. The molecule has 0 bridgehead atoms. The molecule has 162 valence electrons. The molecule has 2 aromatic rings. The molecule has 8 nitrogen and oxygen atoms in total. The SMILES string of the molecule is COc1cccc(S(=O)(=O)Oc2cc(C)cc(C3CCN(C=NN)CC3)c2OC)c1. The maximum atomic E-state index is 12.9. The minimum Gasteiger partial charge on any atom is -0.497 e. The molecular formula is C21H27N3O5S. The number of hydrogen-bond acceptors (Lipinski definition) is 7. The Morgan fingerprint density at radius 2 is 1.87 bits per heavy atom. The molecule has 0 saturated carbocycles. The van der Waals surface area contributed by atoms with Crippen LogP contribution >= 0.6 is 0 Å². The summed E-state index contributed by atoms with van der Waals surface area (Å²) in [6.07, 6.45) is 3.38. The molecule has 0 spiro atoms. The van der Waals surface area contributed by atoms with Crippen LogP contribution in [0.3, 0.4) is 0 Å². The molecule has 1 saturated heterocycles. The van der Waals surface area contributed by atoms with Gasteiger partial charge in [0.05, 0.1) is 14.2 Å². The number of piperidine rings is 1. The van der Waals surface area contributed by atoms with Crippen LogP contribution in [0.15, 0.2) is 46.4 Å². The van der Waals surface area contributed by atoms with Gasteiger partial charge in [0.25, 0.3) is 0 Å². The fourth-order valence-corrected chi connectivity index (χ4v) is 4.66. The first-order chi connectivity index (χ1) is 14.4. The first-order valence-corrected chi connectivity index (χ1v) is 11.0. The largest absolute Gasteiger partial charge is 0.497 e. The standard InChI is InChI=1S/C21H27N3O5S/c1-15-11-19(16-7-9-24(10-8-16)14-23-22)21(28-3)20(12-15)29-30(25,26)18-6-4-5-17(13-18)27-2/h4-6,11-14,16H,7-10,22H2,1-3H3. The van der Waals surface area contributed by atoms with E-state index in [-0.39, 0.29) is 16.6 Å². The number of ether oxygens (including phenoxy) is 2. The lowest BCUT2D eigenvalue weighted by Crippen LogP contribution is -2.32. The van der Waals surface area contributed by atoms with Crippen molar-refractivity contribution in [2.45, 2.75) is 30.6 Å². The van der Waals surface area contributed by atoms with Crippen molar-refractivity contribution in [1.29, 1.82) is 0 Å². The van der Waals surface area contributed by atoms with Gasteiger partial charge in [0.15, 0.2) is 11.5 Å². The van der Waals surface area contributed by atoms with Crippen LogP contribution in [0.4, 0.5) is 0 Å². The smallest absolute Gasteiger partial charge is 0.339 e. The van der Waals surface area contributed by atoms with Crippen LogP contribution in [0.5, 0.6) is 17.2 Å². The molecule has 2 aromatic carbocycles. The molecule has 1 heterocycles. The van der Waals surface area contributed by atoms with Crippen LogP contribution in [-0.4, -0.2) is 47.0 Å². The monoisotopic (exact) mass is 433 g/mol. The highest BCUT2D eigenvalue weighted by Gasteiger charge is 2.27. The average Bonchev–Trinajstić information content (AvgIpc) is 2.74. The van der Waals surface area contributed by atoms with Gasteiger partial charge in [-0.15, -0.1) is 0 Å². The third-order valence-corrected chi connectivity index (χ3v) is 6.39. The number of nitrogens with two attached hydrogens (primary N) is 1. The molecule has 1 aliphatic heterocycles. The predicted molar refractivity (Wildman–Crippen MR) is 115 cm³/mol. The highest BCUT2D eigenvalue weighted by molar-refractivity contribution is 7.87. The molecule has 30 heavy (non-hydrogen) atoms. The van der Waals surface area contributed by atoms with E-state index in [2.05, 4.69) is 10.0 Å². The Hall–Kier alpha value is -2.94. The minimum absolute atomic E-state index is 0.0151. The third kappa shape index (κ3) is 4.79. The molecule has 0 radical (unpaired) electrons. The zero-order valence-electron chi connectivity index (χ0n) is 17.4. The molecule has 0 unspecified atom stereocenters. The van der Waals surface area contributed by atoms with E-state index in [1.807, 2.05) is 13.0 Å². The summed E-state index contributed by atoms with van der Waals surface area (Å²) in [5.41, 5.74) is 1.84. The third-order valence-electron chi connectivity index (χ3n) is 5.16. The molecule has 0 aromatic heterocycles. The zero-order chi connectivity index (χ0) is 21.7. The second kappa shape index (κ2) is 9.25. The molecule has 1 aliphatic rings. The maximum absolute atomic E-state index is 12.9. The Bertz CT molecular complexity index is 1020. The quantitative estimate of drug-likeness (QED) is 0.235. The van der Waals surface area contributed by atoms with Crippen molar-refractivity contribution in [3.8, 4) is 17.2 Å². The van der Waals surface area contributed by atoms with Crippen molar-refractivity contribution in [3.05, 3.63) is 47.5 Å². The molecular weight excluding hydrogens is 406 g/mol. The van der Waals surface area contributed by atoms with Gasteiger partial charge in [-0.25, -0.2) is 0 Å². The van der Waals surface area contributed by atoms with Crippen LogP contribution in [0.1, 0.15) is 29.9 Å². The molecule has 0 amide bonds. The Morgan fingerprint density at radius 3 is 2.50 bits per heavy atom. The van der Waals surface area contributed by atoms with Gasteiger partial charge in [-0.3, -0.25) is 0 Å². The normalized spacial score (nSPS) is 15.4. The van der Waals surface area contributed by atoms with E-state index in [0.717, 1.165) is 37.1 Å². The number of likely N-dealkylation sites (tertiary alicyclic amines) is 1. The molecule has 3 rings (SSSR count). The molecule has 1 fully saturated rings. The van der Waals surface area contributed by atoms with Crippen molar-refractivity contribution in [3.63, 3.8) is 0 Å². The Kier molecular flexibility index (Phi) is 6.71. The average molecular weight is 434 g/mol. The van der Waals surface area contributed by atoms with E-state index in [4.69, 9.17) is 19.5 Å². The number of nitrogens with zero attached hydrogens (tertiary/aromatic N) is 2. The zero-order valence-corrected chi connectivity index (χ0v) is 18.2. The van der Waals surface area contributed by atoms with E-state index in [0.29, 0.717) is 11.5 Å². The van der Waals surface area contributed by atoms with Crippen LogP contribution in [0.2, 0.25) is 0 Å². The maximum Gasteiger partial charge on any atom is 0.339 e. The van der Waals surface area contributed by atoms with Gasteiger partial charge in [0.1, 0.15) is 17.0 Å². The number of hydrogen-bond donors (Lipinski definition) is 1. The van der Waals surface area contributed by atoms with E-state index in [1.54, 1.807) is 24.5 Å². The van der Waals surface area contributed by atoms with E-state index in [1.165, 1.54) is 26.4 Å². The Balaban J connectivity index is 1.92. The summed E-state index contributed by atoms with van der Waals surface area (Å²) in [6.45, 7) is 3.52. The van der Waals surface area contributed by atoms with Gasteiger partial charge < -0.3 is 24.4 Å². The summed E-state index contributed by atoms with van der Waals surface area (Å²) in [4.78, 5) is 2.07. The highest BCUT2D eigenvalue weighted by Crippen LogP contribution is 2.41. The summed E-state index contributed by atoms with van der Waals surface area (Å²) >= 11 is 0. The fraction of sp³-hybridized carbons (Fsp3) is 0.381. The number of benzene rings is 2. The first-order valence-electron chi connectivity index (χ1n) is 9.62. The van der Waals surface area contributed by atoms with E-state index >= 15 is 0 Å². The summed E-state index contributed by atoms with van der Waals surface area (Å²) in [5.74, 6) is 6.51. The number of rotatable bonds is 7. The fourth-order valence-electron chi connectivity index (χ4n) is 3.69. The summed E-state index contributed by atoms with van der Waals surface area (Å²) in [6, 6.07) is 9.87. The molecule has 2 N–H and O–H groups in total. The lowest BCUT2D eigenvalue weighted by Gasteiger charge is -2.31. The Labute approximate surface area is 177 Å². The van der Waals surface area contributed by atoms with Crippen molar-refractivity contribution in [1.82, 2.24) is 4.90 Å². The predicted octanol–water partition coefficient (Wildman–Crippen LogP) is 2.86. The highest BCUT2D eigenvalue weighted by atomic mass is 32.2. The minimum atomic E-state index is -4.06. The van der Waals surface area contributed by atoms with E-state index < -0.39 is 10.1 Å². The van der Waals surface area contributed by atoms with Crippen molar-refractivity contribution in [2.75, 3.05) is 27.3 Å². The Morgan fingerprint density at radius 1 is 1.13 bits per heavy atom. The van der Waals surface area contributed by atoms with E-state index in [9.17, 15) is 8.42 Å². The number of aryl methyl sites for hydroxylation is 1. The topological polar surface area (TPSA) is 103 Å². The van der Waals surface area contributed by atoms with Crippen LogP contribution in [0, 0.1) is 6.92 Å². The van der Waals surface area contributed by atoms with Gasteiger partial charge in [0, 0.05) is 24.7 Å². The van der Waals surface area contributed by atoms with Gasteiger partial charge in [-0.1, -0.05) is 12.1 Å². The summed E-state index contributed by atoms with van der Waals surface area (Å²) < 4.78 is 42.0. The van der Waals surface area contributed by atoms with Crippen molar-refractivity contribution >= 4 is 16.5 Å².